The molecule has 1 atom stereocenters. The van der Waals surface area contributed by atoms with Gasteiger partial charge in [-0.2, -0.15) is 0 Å². The van der Waals surface area contributed by atoms with Crippen LogP contribution < -0.4 is 4.31 Å². The molecule has 5 nitrogen and oxygen atoms in total. The number of nitrogens with zero attached hydrogens (tertiary/aromatic N) is 2. The van der Waals surface area contributed by atoms with Gasteiger partial charge >= 0.3 is 0 Å². The van der Waals surface area contributed by atoms with Crippen LogP contribution in [0.25, 0.3) is 0 Å². The molecule has 1 saturated heterocycles. The molecular weight excluding hydrogens is 312 g/mol. The molecule has 1 aliphatic heterocycles. The van der Waals surface area contributed by atoms with Gasteiger partial charge in [-0.25, -0.2) is 8.42 Å². The topological polar surface area (TPSA) is 57.7 Å². The highest BCUT2D eigenvalue weighted by atomic mass is 32.2. The summed E-state index contributed by atoms with van der Waals surface area (Å²) in [5.41, 5.74) is 1.13. The van der Waals surface area contributed by atoms with E-state index in [4.69, 9.17) is 0 Å². The smallest absolute Gasteiger partial charge is 0.254 e. The van der Waals surface area contributed by atoms with Gasteiger partial charge in [0.25, 0.3) is 5.91 Å². The minimum absolute atomic E-state index is 0.0489. The molecule has 1 aliphatic rings. The summed E-state index contributed by atoms with van der Waals surface area (Å²) in [5.74, 6) is 0.490. The molecule has 0 aromatic heterocycles. The average molecular weight is 338 g/mol. The Morgan fingerprint density at radius 1 is 1.30 bits per heavy atom. The van der Waals surface area contributed by atoms with Crippen LogP contribution in [0.15, 0.2) is 24.3 Å². The molecule has 6 heteroatoms. The lowest BCUT2D eigenvalue weighted by atomic mass is 10.0. The normalized spacial score (nSPS) is 18.2. The van der Waals surface area contributed by atoms with Gasteiger partial charge in [-0.15, -0.1) is 0 Å². The maximum Gasteiger partial charge on any atom is 0.254 e. The number of sulfonamides is 1. The standard InChI is InChI=1S/C17H26N2O3S/c1-5-18(14(4)13(2)3)17(20)15-8-6-9-16(12-15)19-10-7-11-23(19,21)22/h6,8-9,12-14H,5,7,10-11H2,1-4H3. The van der Waals surface area contributed by atoms with Crippen LogP contribution >= 0.6 is 0 Å². The minimum atomic E-state index is -3.23. The highest BCUT2D eigenvalue weighted by molar-refractivity contribution is 7.93. The Morgan fingerprint density at radius 2 is 2.00 bits per heavy atom. The van der Waals surface area contributed by atoms with Crippen molar-refractivity contribution in [2.75, 3.05) is 23.1 Å². The monoisotopic (exact) mass is 338 g/mol. The molecule has 2 rings (SSSR count). The third-order valence-corrected chi connectivity index (χ3v) is 6.41. The van der Waals surface area contributed by atoms with E-state index in [1.165, 1.54) is 4.31 Å². The van der Waals surface area contributed by atoms with Crippen molar-refractivity contribution in [3.8, 4) is 0 Å². The zero-order valence-corrected chi connectivity index (χ0v) is 15.1. The van der Waals surface area contributed by atoms with Gasteiger partial charge in [-0.05, 0) is 44.4 Å². The lowest BCUT2D eigenvalue weighted by Gasteiger charge is -2.31. The van der Waals surface area contributed by atoms with Crippen LogP contribution in [0.1, 0.15) is 44.5 Å². The van der Waals surface area contributed by atoms with Gasteiger partial charge in [0.15, 0.2) is 0 Å². The fourth-order valence-electron chi connectivity index (χ4n) is 2.87. The van der Waals surface area contributed by atoms with Crippen molar-refractivity contribution in [2.45, 2.75) is 40.2 Å². The van der Waals surface area contributed by atoms with E-state index in [1.807, 2.05) is 18.7 Å². The van der Waals surface area contributed by atoms with Gasteiger partial charge in [0.05, 0.1) is 11.4 Å². The summed E-state index contributed by atoms with van der Waals surface area (Å²) in [4.78, 5) is 14.6. The first-order valence-corrected chi connectivity index (χ1v) is 9.80. The van der Waals surface area contributed by atoms with Crippen molar-refractivity contribution in [3.63, 3.8) is 0 Å². The number of benzene rings is 1. The van der Waals surface area contributed by atoms with Gasteiger partial charge in [0, 0.05) is 24.7 Å². The largest absolute Gasteiger partial charge is 0.336 e. The zero-order chi connectivity index (χ0) is 17.2. The van der Waals surface area contributed by atoms with E-state index in [9.17, 15) is 13.2 Å². The molecule has 0 spiro atoms. The minimum Gasteiger partial charge on any atom is -0.336 e. The Kier molecular flexibility index (Phi) is 5.34. The molecule has 1 fully saturated rings. The molecule has 0 saturated carbocycles. The second kappa shape index (κ2) is 6.91. The van der Waals surface area contributed by atoms with E-state index >= 15 is 0 Å². The molecule has 1 aromatic carbocycles. The first-order chi connectivity index (χ1) is 10.8. The van der Waals surface area contributed by atoms with Gasteiger partial charge in [0.1, 0.15) is 0 Å². The van der Waals surface area contributed by atoms with Crippen molar-refractivity contribution >= 4 is 21.6 Å². The Bertz CT molecular complexity index is 670. The third kappa shape index (κ3) is 3.68. The molecule has 0 radical (unpaired) electrons. The number of hydrogen-bond acceptors (Lipinski definition) is 3. The van der Waals surface area contributed by atoms with Crippen LogP contribution in [-0.2, 0) is 10.0 Å². The Balaban J connectivity index is 2.30. The molecule has 1 unspecified atom stereocenters. The highest BCUT2D eigenvalue weighted by Gasteiger charge is 2.29. The molecule has 1 heterocycles. The Labute approximate surface area is 139 Å². The first kappa shape index (κ1) is 17.8. The maximum atomic E-state index is 12.8. The van der Waals surface area contributed by atoms with Crippen molar-refractivity contribution in [3.05, 3.63) is 29.8 Å². The summed E-state index contributed by atoms with van der Waals surface area (Å²) < 4.78 is 25.5. The number of anilines is 1. The quantitative estimate of drug-likeness (QED) is 0.829. The number of carbonyl (C=O) groups is 1. The first-order valence-electron chi connectivity index (χ1n) is 8.19. The van der Waals surface area contributed by atoms with Crippen LogP contribution in [-0.4, -0.2) is 44.1 Å². The molecule has 0 bridgehead atoms. The zero-order valence-electron chi connectivity index (χ0n) is 14.3. The predicted molar refractivity (Wildman–Crippen MR) is 93.2 cm³/mol. The molecular formula is C17H26N2O3S. The molecule has 0 aliphatic carbocycles. The summed E-state index contributed by atoms with van der Waals surface area (Å²) in [6.07, 6.45) is 0.631. The van der Waals surface area contributed by atoms with Gasteiger partial charge < -0.3 is 4.90 Å². The number of carbonyl (C=O) groups excluding carboxylic acids is 1. The Hall–Kier alpha value is -1.56. The van der Waals surface area contributed by atoms with E-state index in [2.05, 4.69) is 13.8 Å². The summed E-state index contributed by atoms with van der Waals surface area (Å²) in [7, 11) is -3.23. The fourth-order valence-corrected chi connectivity index (χ4v) is 4.42. The molecule has 23 heavy (non-hydrogen) atoms. The Morgan fingerprint density at radius 3 is 2.52 bits per heavy atom. The fraction of sp³-hybridized carbons (Fsp3) is 0.588. The van der Waals surface area contributed by atoms with Crippen molar-refractivity contribution < 1.29 is 13.2 Å². The van der Waals surface area contributed by atoms with Crippen molar-refractivity contribution in [1.82, 2.24) is 4.90 Å². The summed E-state index contributed by atoms with van der Waals surface area (Å²) in [5, 5.41) is 0. The van der Waals surface area contributed by atoms with E-state index in [1.54, 1.807) is 24.3 Å². The van der Waals surface area contributed by atoms with Crippen LogP contribution in [0.5, 0.6) is 0 Å². The number of rotatable bonds is 5. The summed E-state index contributed by atoms with van der Waals surface area (Å²) in [6.45, 7) is 9.30. The highest BCUT2D eigenvalue weighted by Crippen LogP contribution is 2.25. The predicted octanol–water partition coefficient (Wildman–Crippen LogP) is 2.73. The SMILES string of the molecule is CCN(C(=O)c1cccc(N2CCCS2(=O)=O)c1)C(C)C(C)C. The summed E-state index contributed by atoms with van der Waals surface area (Å²) >= 11 is 0. The second-order valence-electron chi connectivity index (χ2n) is 6.37. The van der Waals surface area contributed by atoms with Crippen LogP contribution in [0.4, 0.5) is 5.69 Å². The number of hydrogen-bond donors (Lipinski definition) is 0. The van der Waals surface area contributed by atoms with Gasteiger partial charge in [0.2, 0.25) is 10.0 Å². The van der Waals surface area contributed by atoms with Crippen molar-refractivity contribution in [2.24, 2.45) is 5.92 Å². The average Bonchev–Trinajstić information content (AvgIpc) is 2.87. The lowest BCUT2D eigenvalue weighted by molar-refractivity contribution is 0.0660. The second-order valence-corrected chi connectivity index (χ2v) is 8.38. The van der Waals surface area contributed by atoms with E-state index < -0.39 is 10.0 Å². The van der Waals surface area contributed by atoms with Gasteiger partial charge in [-0.1, -0.05) is 19.9 Å². The van der Waals surface area contributed by atoms with Gasteiger partial charge in [-0.3, -0.25) is 9.10 Å². The van der Waals surface area contributed by atoms with Crippen LogP contribution in [0.3, 0.4) is 0 Å². The molecule has 1 aromatic rings. The lowest BCUT2D eigenvalue weighted by Crippen LogP contribution is -2.41. The van der Waals surface area contributed by atoms with E-state index in [-0.39, 0.29) is 17.7 Å². The van der Waals surface area contributed by atoms with E-state index in [0.29, 0.717) is 36.7 Å². The number of amides is 1. The maximum absolute atomic E-state index is 12.8. The molecule has 128 valence electrons. The summed E-state index contributed by atoms with van der Waals surface area (Å²) in [6, 6.07) is 7.09. The van der Waals surface area contributed by atoms with Crippen molar-refractivity contribution in [1.29, 1.82) is 0 Å². The van der Waals surface area contributed by atoms with Crippen LogP contribution in [0.2, 0.25) is 0 Å². The van der Waals surface area contributed by atoms with Crippen LogP contribution in [0, 0.1) is 5.92 Å². The molecule has 0 N–H and O–H groups in total. The third-order valence-electron chi connectivity index (χ3n) is 4.54. The van der Waals surface area contributed by atoms with E-state index in [0.717, 1.165) is 0 Å². The molecule has 1 amide bonds.